The third-order valence-electron chi connectivity index (χ3n) is 4.01. The Morgan fingerprint density at radius 3 is 2.67 bits per heavy atom. The highest BCUT2D eigenvalue weighted by molar-refractivity contribution is 5.85. The van der Waals surface area contributed by atoms with Crippen LogP contribution in [0.25, 0.3) is 0 Å². The summed E-state index contributed by atoms with van der Waals surface area (Å²) in [6.45, 7) is 4.82. The van der Waals surface area contributed by atoms with Crippen LogP contribution in [0.3, 0.4) is 0 Å². The largest absolute Gasteiger partial charge is 0.489 e. The molecule has 2 rings (SSSR count). The first-order valence-electron chi connectivity index (χ1n) is 7.54. The van der Waals surface area contributed by atoms with Gasteiger partial charge < -0.3 is 10.1 Å². The van der Waals surface area contributed by atoms with Crippen molar-refractivity contribution in [3.63, 3.8) is 0 Å². The zero-order valence-electron chi connectivity index (χ0n) is 12.7. The number of ether oxygens (including phenoxy) is 1. The number of benzene rings is 1. The number of nitrogens with one attached hydrogen (secondary N) is 1. The van der Waals surface area contributed by atoms with Gasteiger partial charge in [0.2, 0.25) is 0 Å². The number of hydrogen-bond donors (Lipinski definition) is 1. The van der Waals surface area contributed by atoms with Crippen LogP contribution >= 0.6 is 12.4 Å². The van der Waals surface area contributed by atoms with E-state index in [-0.39, 0.29) is 18.2 Å². The summed E-state index contributed by atoms with van der Waals surface area (Å²) in [7, 11) is 2.01. The highest BCUT2D eigenvalue weighted by atomic mass is 35.5. The van der Waals surface area contributed by atoms with Gasteiger partial charge in [0.25, 0.3) is 0 Å². The van der Waals surface area contributed by atoms with Crippen molar-refractivity contribution in [1.82, 2.24) is 10.2 Å². The highest BCUT2D eigenvalue weighted by Crippen LogP contribution is 2.20. The van der Waals surface area contributed by atoms with E-state index >= 15 is 0 Å². The Labute approximate surface area is 133 Å². The smallest absolute Gasteiger partial charge is 0.165 e. The molecule has 5 heteroatoms. The monoisotopic (exact) mass is 316 g/mol. The number of hydrogen-bond acceptors (Lipinski definition) is 3. The van der Waals surface area contributed by atoms with Crippen molar-refractivity contribution in [2.24, 2.45) is 5.92 Å². The lowest BCUT2D eigenvalue weighted by Crippen LogP contribution is -2.37. The molecule has 0 aliphatic carbocycles. The summed E-state index contributed by atoms with van der Waals surface area (Å²) < 4.78 is 18.9. The Balaban J connectivity index is 0.00000220. The van der Waals surface area contributed by atoms with Gasteiger partial charge in [-0.1, -0.05) is 12.1 Å². The lowest BCUT2D eigenvalue weighted by atomic mass is 9.93. The summed E-state index contributed by atoms with van der Waals surface area (Å²) >= 11 is 0. The van der Waals surface area contributed by atoms with Crippen molar-refractivity contribution in [2.45, 2.75) is 19.3 Å². The van der Waals surface area contributed by atoms with E-state index in [0.717, 1.165) is 32.1 Å². The fraction of sp³-hybridized carbons (Fsp3) is 0.625. The number of rotatable bonds is 7. The van der Waals surface area contributed by atoms with Crippen molar-refractivity contribution in [2.75, 3.05) is 39.8 Å². The summed E-state index contributed by atoms with van der Waals surface area (Å²) in [5.74, 6) is 0.931. The summed E-state index contributed by atoms with van der Waals surface area (Å²) in [6, 6.07) is 6.59. The maximum atomic E-state index is 13.4. The third kappa shape index (κ3) is 6.20. The number of likely N-dealkylation sites (tertiary alicyclic amines) is 1. The fourth-order valence-corrected chi connectivity index (χ4v) is 2.69. The van der Waals surface area contributed by atoms with E-state index in [1.807, 2.05) is 7.05 Å². The summed E-state index contributed by atoms with van der Waals surface area (Å²) in [5, 5.41) is 3.21. The van der Waals surface area contributed by atoms with Crippen LogP contribution in [0, 0.1) is 11.7 Å². The quantitative estimate of drug-likeness (QED) is 0.837. The highest BCUT2D eigenvalue weighted by Gasteiger charge is 2.18. The molecule has 1 heterocycles. The molecule has 0 bridgehead atoms. The normalized spacial score (nSPS) is 16.5. The van der Waals surface area contributed by atoms with Gasteiger partial charge in [-0.15, -0.1) is 12.4 Å². The Morgan fingerprint density at radius 1 is 1.29 bits per heavy atom. The summed E-state index contributed by atoms with van der Waals surface area (Å²) in [4.78, 5) is 2.41. The van der Waals surface area contributed by atoms with Crippen molar-refractivity contribution in [3.8, 4) is 5.75 Å². The molecule has 120 valence electrons. The number of nitrogens with zero attached hydrogens (tertiary/aromatic N) is 1. The molecule has 0 spiro atoms. The van der Waals surface area contributed by atoms with Crippen molar-refractivity contribution >= 4 is 12.4 Å². The van der Waals surface area contributed by atoms with Gasteiger partial charge in [-0.3, -0.25) is 4.90 Å². The van der Waals surface area contributed by atoms with Crippen LogP contribution in [-0.2, 0) is 0 Å². The first-order chi connectivity index (χ1) is 9.79. The minimum atomic E-state index is -0.279. The maximum Gasteiger partial charge on any atom is 0.165 e. The molecule has 1 saturated heterocycles. The molecular formula is C16H26ClFN2O. The van der Waals surface area contributed by atoms with Crippen LogP contribution in [0.4, 0.5) is 4.39 Å². The van der Waals surface area contributed by atoms with Gasteiger partial charge in [-0.05, 0) is 64.0 Å². The Bertz CT molecular complexity index is 398. The Kier molecular flexibility index (Phi) is 8.66. The van der Waals surface area contributed by atoms with E-state index in [1.54, 1.807) is 18.2 Å². The van der Waals surface area contributed by atoms with Gasteiger partial charge >= 0.3 is 0 Å². The number of halogens is 2. The second kappa shape index (κ2) is 9.98. The van der Waals surface area contributed by atoms with E-state index < -0.39 is 0 Å². The molecule has 3 nitrogen and oxygen atoms in total. The van der Waals surface area contributed by atoms with E-state index in [9.17, 15) is 4.39 Å². The molecule has 1 fully saturated rings. The fourth-order valence-electron chi connectivity index (χ4n) is 2.69. The van der Waals surface area contributed by atoms with Gasteiger partial charge in [0.1, 0.15) is 6.61 Å². The molecule has 0 aromatic heterocycles. The molecule has 0 atom stereocenters. The topological polar surface area (TPSA) is 24.5 Å². The first kappa shape index (κ1) is 18.2. The van der Waals surface area contributed by atoms with E-state index in [1.165, 1.54) is 25.3 Å². The first-order valence-corrected chi connectivity index (χ1v) is 7.54. The standard InChI is InChI=1S/C16H25FN2O.ClH/c1-18-9-6-14-7-10-19(11-8-14)12-13-20-16-5-3-2-4-15(16)17;/h2-5,14,18H,6-13H2,1H3;1H. The van der Waals surface area contributed by atoms with Crippen molar-refractivity contribution < 1.29 is 9.13 Å². The SMILES string of the molecule is CNCCC1CCN(CCOc2ccccc2F)CC1.Cl. The summed E-state index contributed by atoms with van der Waals surface area (Å²) in [6.07, 6.45) is 3.80. The number of para-hydroxylation sites is 1. The summed E-state index contributed by atoms with van der Waals surface area (Å²) in [5.41, 5.74) is 0. The average molecular weight is 317 g/mol. The predicted molar refractivity (Wildman–Crippen MR) is 86.9 cm³/mol. The maximum absolute atomic E-state index is 13.4. The minimum Gasteiger partial charge on any atom is -0.489 e. The lowest BCUT2D eigenvalue weighted by Gasteiger charge is -2.31. The van der Waals surface area contributed by atoms with Crippen LogP contribution in [-0.4, -0.2) is 44.7 Å². The zero-order chi connectivity index (χ0) is 14.2. The van der Waals surface area contributed by atoms with Gasteiger partial charge in [-0.2, -0.15) is 0 Å². The second-order valence-corrected chi connectivity index (χ2v) is 5.46. The van der Waals surface area contributed by atoms with E-state index in [4.69, 9.17) is 4.74 Å². The van der Waals surface area contributed by atoms with Crippen LogP contribution in [0.2, 0.25) is 0 Å². The van der Waals surface area contributed by atoms with Crippen molar-refractivity contribution in [1.29, 1.82) is 0 Å². The molecule has 0 amide bonds. The molecule has 0 radical (unpaired) electrons. The van der Waals surface area contributed by atoms with Gasteiger partial charge in [0.05, 0.1) is 0 Å². The second-order valence-electron chi connectivity index (χ2n) is 5.46. The Morgan fingerprint density at radius 2 is 2.00 bits per heavy atom. The molecule has 1 aromatic rings. The molecule has 1 aliphatic rings. The third-order valence-corrected chi connectivity index (χ3v) is 4.01. The van der Waals surface area contributed by atoms with Crippen LogP contribution in [0.1, 0.15) is 19.3 Å². The number of piperidine rings is 1. The zero-order valence-corrected chi connectivity index (χ0v) is 13.5. The van der Waals surface area contributed by atoms with E-state index in [2.05, 4.69) is 10.2 Å². The predicted octanol–water partition coefficient (Wildman–Crippen LogP) is 2.95. The average Bonchev–Trinajstić information content (AvgIpc) is 2.48. The van der Waals surface area contributed by atoms with Gasteiger partial charge in [-0.25, -0.2) is 4.39 Å². The van der Waals surface area contributed by atoms with Gasteiger partial charge in [0, 0.05) is 6.54 Å². The van der Waals surface area contributed by atoms with Crippen LogP contribution in [0.5, 0.6) is 5.75 Å². The molecule has 0 saturated carbocycles. The molecule has 0 unspecified atom stereocenters. The molecule has 1 aliphatic heterocycles. The van der Waals surface area contributed by atoms with Crippen LogP contribution < -0.4 is 10.1 Å². The van der Waals surface area contributed by atoms with E-state index in [0.29, 0.717) is 12.4 Å². The lowest BCUT2D eigenvalue weighted by molar-refractivity contribution is 0.150. The molecule has 21 heavy (non-hydrogen) atoms. The minimum absolute atomic E-state index is 0. The molecular weight excluding hydrogens is 291 g/mol. The van der Waals surface area contributed by atoms with Crippen LogP contribution in [0.15, 0.2) is 24.3 Å². The van der Waals surface area contributed by atoms with Crippen molar-refractivity contribution in [3.05, 3.63) is 30.1 Å². The molecule has 1 N–H and O–H groups in total. The molecule has 1 aromatic carbocycles. The Hall–Kier alpha value is -0.840. The van der Waals surface area contributed by atoms with Gasteiger partial charge in [0.15, 0.2) is 11.6 Å².